The predicted molar refractivity (Wildman–Crippen MR) is 77.6 cm³/mol. The second kappa shape index (κ2) is 6.85. The van der Waals surface area contributed by atoms with Gasteiger partial charge in [-0.25, -0.2) is 4.79 Å². The number of nitrogen functional groups attached to an aromatic ring is 1. The molecular formula is C14H17ClN2O2. The van der Waals surface area contributed by atoms with E-state index in [0.717, 1.165) is 5.56 Å². The van der Waals surface area contributed by atoms with Crippen molar-refractivity contribution in [3.05, 3.63) is 53.9 Å². The second-order valence-electron chi connectivity index (χ2n) is 4.01. The van der Waals surface area contributed by atoms with Crippen molar-refractivity contribution in [2.45, 2.75) is 13.5 Å². The minimum atomic E-state index is -0.373. The van der Waals surface area contributed by atoms with Crippen molar-refractivity contribution in [2.24, 2.45) is 0 Å². The maximum atomic E-state index is 11.6. The van der Waals surface area contributed by atoms with Gasteiger partial charge in [-0.3, -0.25) is 0 Å². The monoisotopic (exact) mass is 280 g/mol. The summed E-state index contributed by atoms with van der Waals surface area (Å²) in [6.07, 6.45) is 3.47. The molecule has 0 aliphatic heterocycles. The lowest BCUT2D eigenvalue weighted by atomic mass is 10.2. The zero-order chi connectivity index (χ0) is 13.0. The smallest absolute Gasteiger partial charge is 0.341 e. The molecule has 2 N–H and O–H groups in total. The lowest BCUT2D eigenvalue weighted by Gasteiger charge is -2.02. The topological polar surface area (TPSA) is 57.2 Å². The van der Waals surface area contributed by atoms with Crippen LogP contribution in [0.2, 0.25) is 0 Å². The first-order chi connectivity index (χ1) is 8.70. The molecule has 0 aliphatic rings. The van der Waals surface area contributed by atoms with E-state index in [4.69, 9.17) is 10.5 Å². The van der Waals surface area contributed by atoms with Gasteiger partial charge < -0.3 is 15.0 Å². The molecule has 102 valence electrons. The Kier molecular flexibility index (Phi) is 5.45. The highest BCUT2D eigenvalue weighted by atomic mass is 35.5. The Morgan fingerprint density at radius 2 is 1.95 bits per heavy atom. The van der Waals surface area contributed by atoms with Crippen LogP contribution in [0, 0.1) is 0 Å². The second-order valence-corrected chi connectivity index (χ2v) is 4.01. The maximum absolute atomic E-state index is 11.6. The number of hydrogen-bond acceptors (Lipinski definition) is 3. The molecule has 1 aromatic heterocycles. The summed E-state index contributed by atoms with van der Waals surface area (Å²) in [5.41, 5.74) is 7.83. The summed E-state index contributed by atoms with van der Waals surface area (Å²) in [6.45, 7) is 2.81. The summed E-state index contributed by atoms with van der Waals surface area (Å²) < 4.78 is 6.83. The first-order valence-corrected chi connectivity index (χ1v) is 5.87. The fourth-order valence-electron chi connectivity index (χ4n) is 1.79. The fourth-order valence-corrected chi connectivity index (χ4v) is 1.79. The van der Waals surface area contributed by atoms with Crippen molar-refractivity contribution in [1.82, 2.24) is 4.57 Å². The summed E-state index contributed by atoms with van der Waals surface area (Å²) in [7, 11) is 0. The molecule has 0 bridgehead atoms. The molecule has 0 radical (unpaired) electrons. The van der Waals surface area contributed by atoms with Crippen molar-refractivity contribution in [3.63, 3.8) is 0 Å². The van der Waals surface area contributed by atoms with E-state index in [1.54, 1.807) is 19.3 Å². The van der Waals surface area contributed by atoms with E-state index in [1.165, 1.54) is 0 Å². The summed E-state index contributed by atoms with van der Waals surface area (Å²) in [6, 6.07) is 9.99. The van der Waals surface area contributed by atoms with Gasteiger partial charge in [-0.05, 0) is 12.5 Å². The number of hydrogen-bond donors (Lipinski definition) is 1. The average Bonchev–Trinajstić information content (AvgIpc) is 2.72. The molecule has 19 heavy (non-hydrogen) atoms. The number of nitrogens with two attached hydrogens (primary N) is 1. The third-order valence-electron chi connectivity index (χ3n) is 2.61. The van der Waals surface area contributed by atoms with Crippen LogP contribution in [-0.2, 0) is 11.3 Å². The van der Waals surface area contributed by atoms with Crippen LogP contribution in [0.4, 0.5) is 5.69 Å². The van der Waals surface area contributed by atoms with Crippen LogP contribution in [0.25, 0.3) is 0 Å². The summed E-state index contributed by atoms with van der Waals surface area (Å²) in [5, 5.41) is 0. The third-order valence-corrected chi connectivity index (χ3v) is 2.61. The molecule has 0 aliphatic carbocycles. The van der Waals surface area contributed by atoms with Gasteiger partial charge in [0.15, 0.2) is 0 Å². The maximum Gasteiger partial charge on any atom is 0.341 e. The number of aromatic nitrogens is 1. The summed E-state index contributed by atoms with van der Waals surface area (Å²) in [5.74, 6) is -0.373. The van der Waals surface area contributed by atoms with E-state index >= 15 is 0 Å². The van der Waals surface area contributed by atoms with Crippen LogP contribution < -0.4 is 5.73 Å². The molecule has 0 spiro atoms. The Bertz CT molecular complexity index is 538. The van der Waals surface area contributed by atoms with Gasteiger partial charge in [0, 0.05) is 18.9 Å². The largest absolute Gasteiger partial charge is 0.462 e. The number of benzene rings is 1. The number of carbonyl (C=O) groups is 1. The van der Waals surface area contributed by atoms with E-state index in [-0.39, 0.29) is 18.4 Å². The van der Waals surface area contributed by atoms with E-state index in [2.05, 4.69) is 0 Å². The minimum absolute atomic E-state index is 0. The molecule has 1 aromatic carbocycles. The number of ether oxygens (including phenoxy) is 1. The molecule has 2 rings (SSSR count). The van der Waals surface area contributed by atoms with Gasteiger partial charge in [-0.1, -0.05) is 30.3 Å². The Labute approximate surface area is 118 Å². The Morgan fingerprint density at radius 3 is 2.58 bits per heavy atom. The Morgan fingerprint density at radius 1 is 1.26 bits per heavy atom. The molecule has 0 saturated carbocycles. The van der Waals surface area contributed by atoms with Gasteiger partial charge in [0.1, 0.15) is 5.56 Å². The summed E-state index contributed by atoms with van der Waals surface area (Å²) >= 11 is 0. The minimum Gasteiger partial charge on any atom is -0.462 e. The van der Waals surface area contributed by atoms with Crippen LogP contribution in [0.3, 0.4) is 0 Å². The Hall–Kier alpha value is -1.94. The zero-order valence-electron chi connectivity index (χ0n) is 10.7. The van der Waals surface area contributed by atoms with Gasteiger partial charge in [-0.15, -0.1) is 12.4 Å². The average molecular weight is 281 g/mol. The zero-order valence-corrected chi connectivity index (χ0v) is 11.5. The molecule has 0 saturated heterocycles. The molecule has 5 heteroatoms. The van der Waals surface area contributed by atoms with Gasteiger partial charge >= 0.3 is 5.97 Å². The van der Waals surface area contributed by atoms with Crippen molar-refractivity contribution in [3.8, 4) is 0 Å². The van der Waals surface area contributed by atoms with E-state index < -0.39 is 0 Å². The number of esters is 1. The van der Waals surface area contributed by atoms with E-state index in [0.29, 0.717) is 24.4 Å². The molecule has 0 unspecified atom stereocenters. The molecule has 2 aromatic rings. The first-order valence-electron chi connectivity index (χ1n) is 5.87. The first kappa shape index (κ1) is 15.1. The third kappa shape index (κ3) is 3.76. The number of halogens is 1. The normalized spacial score (nSPS) is 9.74. The number of rotatable bonds is 4. The molecule has 0 fully saturated rings. The van der Waals surface area contributed by atoms with Gasteiger partial charge in [-0.2, -0.15) is 0 Å². The standard InChI is InChI=1S/C14H16N2O2.ClH/c1-2-18-14(17)12-9-16(10-13(12)15)8-11-6-4-3-5-7-11;/h3-7,9-10H,2,8,15H2,1H3;1H. The van der Waals surface area contributed by atoms with E-state index in [1.807, 2.05) is 34.9 Å². The molecule has 0 amide bonds. The highest BCUT2D eigenvalue weighted by molar-refractivity contribution is 5.94. The van der Waals surface area contributed by atoms with E-state index in [9.17, 15) is 4.79 Å². The number of carbonyl (C=O) groups excluding carboxylic acids is 1. The quantitative estimate of drug-likeness (QED) is 0.876. The number of anilines is 1. The predicted octanol–water partition coefficient (Wildman–Crippen LogP) is 2.72. The number of nitrogens with zero attached hydrogens (tertiary/aromatic N) is 1. The molecule has 4 nitrogen and oxygen atoms in total. The molecule has 1 heterocycles. The van der Waals surface area contributed by atoms with Gasteiger partial charge in [0.05, 0.1) is 12.3 Å². The Balaban J connectivity index is 0.00000180. The van der Waals surface area contributed by atoms with Crippen molar-refractivity contribution < 1.29 is 9.53 Å². The highest BCUT2D eigenvalue weighted by Crippen LogP contribution is 2.15. The van der Waals surface area contributed by atoms with Crippen molar-refractivity contribution in [1.29, 1.82) is 0 Å². The highest BCUT2D eigenvalue weighted by Gasteiger charge is 2.13. The van der Waals surface area contributed by atoms with Crippen molar-refractivity contribution >= 4 is 24.1 Å². The lowest BCUT2D eigenvalue weighted by Crippen LogP contribution is -2.05. The van der Waals surface area contributed by atoms with Gasteiger partial charge in [0.2, 0.25) is 0 Å². The van der Waals surface area contributed by atoms with Crippen LogP contribution in [-0.4, -0.2) is 17.1 Å². The van der Waals surface area contributed by atoms with Crippen LogP contribution in [0.15, 0.2) is 42.7 Å². The lowest BCUT2D eigenvalue weighted by molar-refractivity contribution is 0.0527. The van der Waals surface area contributed by atoms with Crippen LogP contribution >= 0.6 is 12.4 Å². The summed E-state index contributed by atoms with van der Waals surface area (Å²) in [4.78, 5) is 11.6. The van der Waals surface area contributed by atoms with Crippen molar-refractivity contribution in [2.75, 3.05) is 12.3 Å². The van der Waals surface area contributed by atoms with Gasteiger partial charge in [0.25, 0.3) is 0 Å². The molecule has 0 atom stereocenters. The SMILES string of the molecule is CCOC(=O)c1cn(Cc2ccccc2)cc1N.Cl. The fraction of sp³-hybridized carbons (Fsp3) is 0.214. The van der Waals surface area contributed by atoms with Crippen LogP contribution in [0.5, 0.6) is 0 Å². The molecular weight excluding hydrogens is 264 g/mol. The van der Waals surface area contributed by atoms with Crippen LogP contribution in [0.1, 0.15) is 22.8 Å².